The Morgan fingerprint density at radius 1 is 1.06 bits per heavy atom. The number of hydrogen-bond acceptors (Lipinski definition) is 4. The first-order chi connectivity index (χ1) is 15.7. The minimum atomic E-state index is -0.0967. The summed E-state index contributed by atoms with van der Waals surface area (Å²) in [7, 11) is 0. The number of anilines is 1. The average Bonchev–Trinajstić information content (AvgIpc) is 3.56. The lowest BCUT2D eigenvalue weighted by Crippen LogP contribution is -2.30. The summed E-state index contributed by atoms with van der Waals surface area (Å²) < 4.78 is 13.4. The van der Waals surface area contributed by atoms with E-state index < -0.39 is 0 Å². The van der Waals surface area contributed by atoms with Gasteiger partial charge in [0.1, 0.15) is 17.6 Å². The third-order valence-electron chi connectivity index (χ3n) is 5.60. The van der Waals surface area contributed by atoms with Gasteiger partial charge in [-0.05, 0) is 79.8 Å². The highest BCUT2D eigenvalue weighted by Gasteiger charge is 2.42. The van der Waals surface area contributed by atoms with Gasteiger partial charge in [-0.25, -0.2) is 0 Å². The van der Waals surface area contributed by atoms with E-state index in [-0.39, 0.29) is 12.1 Å². The quantitative estimate of drug-likeness (QED) is 0.400. The molecule has 6 nitrogen and oxygen atoms in total. The molecule has 5 rings (SSSR count). The largest absolute Gasteiger partial charge is 0.494 e. The van der Waals surface area contributed by atoms with Gasteiger partial charge in [-0.15, -0.1) is 0 Å². The molecule has 0 aliphatic carbocycles. The summed E-state index contributed by atoms with van der Waals surface area (Å²) in [5, 5.41) is 4.18. The summed E-state index contributed by atoms with van der Waals surface area (Å²) in [6.07, 6.45) is 5.59. The van der Waals surface area contributed by atoms with Crippen molar-refractivity contribution < 1.29 is 9.15 Å². The molecule has 2 atom stereocenters. The van der Waals surface area contributed by atoms with Crippen molar-refractivity contribution in [2.45, 2.75) is 25.6 Å². The number of nitrogens with one attached hydrogen (secondary N) is 1. The molecule has 1 aromatic carbocycles. The first kappa shape index (κ1) is 20.3. The van der Waals surface area contributed by atoms with Gasteiger partial charge in [0.2, 0.25) is 0 Å². The van der Waals surface area contributed by atoms with Crippen molar-refractivity contribution in [1.82, 2.24) is 14.9 Å². The zero-order valence-corrected chi connectivity index (χ0v) is 18.5. The molecule has 4 heterocycles. The molecule has 3 aromatic heterocycles. The molecular weight excluding hydrogens is 420 g/mol. The van der Waals surface area contributed by atoms with E-state index in [0.29, 0.717) is 18.3 Å². The van der Waals surface area contributed by atoms with E-state index in [2.05, 4.69) is 38.1 Å². The standard InChI is InChI=1S/C25H24N4O2S/c1-2-30-19-12-10-18(11-13-19)29-24(23(27-25(29)32)21-8-3-4-14-26-21)22-9-5-15-28(22)17-20-7-6-16-31-20/h3-16,23-24H,2,17H2,1H3,(H,27,32). The summed E-state index contributed by atoms with van der Waals surface area (Å²) in [6, 6.07) is 21.9. The van der Waals surface area contributed by atoms with Gasteiger partial charge in [0.25, 0.3) is 0 Å². The van der Waals surface area contributed by atoms with Gasteiger partial charge in [-0.2, -0.15) is 0 Å². The lowest BCUT2D eigenvalue weighted by molar-refractivity contribution is 0.340. The highest BCUT2D eigenvalue weighted by molar-refractivity contribution is 7.80. The molecule has 1 aliphatic heterocycles. The Morgan fingerprint density at radius 3 is 2.66 bits per heavy atom. The van der Waals surface area contributed by atoms with Crippen LogP contribution in [0.2, 0.25) is 0 Å². The highest BCUT2D eigenvalue weighted by Crippen LogP contribution is 2.42. The lowest BCUT2D eigenvalue weighted by Gasteiger charge is -2.29. The van der Waals surface area contributed by atoms with Gasteiger partial charge in [0, 0.05) is 23.8 Å². The molecule has 2 unspecified atom stereocenters. The van der Waals surface area contributed by atoms with Gasteiger partial charge in [0.15, 0.2) is 5.11 Å². The number of thiocarbonyl (C=S) groups is 1. The first-order valence-electron chi connectivity index (χ1n) is 10.7. The molecule has 0 saturated carbocycles. The van der Waals surface area contributed by atoms with Crippen molar-refractivity contribution in [2.24, 2.45) is 0 Å². The molecule has 0 spiro atoms. The van der Waals surface area contributed by atoms with Gasteiger partial charge in [-0.3, -0.25) is 4.98 Å². The maximum Gasteiger partial charge on any atom is 0.174 e. The Morgan fingerprint density at radius 2 is 1.94 bits per heavy atom. The molecule has 1 saturated heterocycles. The number of rotatable bonds is 7. The lowest BCUT2D eigenvalue weighted by atomic mass is 10.0. The van der Waals surface area contributed by atoms with E-state index in [1.54, 1.807) is 6.26 Å². The minimum absolute atomic E-state index is 0.0831. The Hall–Kier alpha value is -3.58. The van der Waals surface area contributed by atoms with Crippen LogP contribution in [0, 0.1) is 0 Å². The van der Waals surface area contributed by atoms with E-state index in [1.165, 1.54) is 0 Å². The molecule has 162 valence electrons. The maximum absolute atomic E-state index is 5.82. The number of hydrogen-bond donors (Lipinski definition) is 1. The van der Waals surface area contributed by atoms with Crippen molar-refractivity contribution >= 4 is 23.0 Å². The summed E-state index contributed by atoms with van der Waals surface area (Å²) in [6.45, 7) is 3.26. The van der Waals surface area contributed by atoms with Gasteiger partial charge in [0.05, 0.1) is 31.2 Å². The monoisotopic (exact) mass is 444 g/mol. The van der Waals surface area contributed by atoms with Gasteiger partial charge in [-0.1, -0.05) is 6.07 Å². The molecule has 1 aliphatic rings. The van der Waals surface area contributed by atoms with Crippen LogP contribution in [0.15, 0.2) is 89.8 Å². The normalized spacial score (nSPS) is 18.0. The number of nitrogens with zero attached hydrogens (tertiary/aromatic N) is 3. The van der Waals surface area contributed by atoms with Crippen LogP contribution >= 0.6 is 12.2 Å². The van der Waals surface area contributed by atoms with E-state index >= 15 is 0 Å². The molecule has 7 heteroatoms. The fourth-order valence-electron chi connectivity index (χ4n) is 4.21. The van der Waals surface area contributed by atoms with Crippen molar-refractivity contribution in [3.63, 3.8) is 0 Å². The van der Waals surface area contributed by atoms with Crippen LogP contribution in [0.1, 0.15) is 36.2 Å². The van der Waals surface area contributed by atoms with E-state index in [1.807, 2.05) is 67.7 Å². The summed E-state index contributed by atoms with van der Waals surface area (Å²) >= 11 is 5.82. The van der Waals surface area contributed by atoms with Crippen molar-refractivity contribution in [3.05, 3.63) is 103 Å². The number of furan rings is 1. The fourth-order valence-corrected chi connectivity index (χ4v) is 4.56. The summed E-state index contributed by atoms with van der Waals surface area (Å²) in [5.74, 6) is 1.74. The zero-order chi connectivity index (χ0) is 21.9. The molecular formula is C25H24N4O2S. The van der Waals surface area contributed by atoms with Crippen LogP contribution < -0.4 is 15.0 Å². The molecule has 32 heavy (non-hydrogen) atoms. The number of pyridine rings is 1. The van der Waals surface area contributed by atoms with E-state index in [9.17, 15) is 0 Å². The van der Waals surface area contributed by atoms with Gasteiger partial charge < -0.3 is 23.9 Å². The van der Waals surface area contributed by atoms with Crippen LogP contribution in [0.3, 0.4) is 0 Å². The topological polar surface area (TPSA) is 55.5 Å². The molecule has 0 bridgehead atoms. The predicted octanol–water partition coefficient (Wildman–Crippen LogP) is 5.10. The maximum atomic E-state index is 5.82. The third kappa shape index (κ3) is 3.87. The zero-order valence-electron chi connectivity index (χ0n) is 17.7. The SMILES string of the molecule is CCOc1ccc(N2C(=S)NC(c3ccccn3)C2c2cccn2Cc2ccco2)cc1. The molecule has 1 fully saturated rings. The third-order valence-corrected chi connectivity index (χ3v) is 5.91. The molecule has 0 amide bonds. The molecule has 0 radical (unpaired) electrons. The van der Waals surface area contributed by atoms with E-state index in [4.69, 9.17) is 21.4 Å². The van der Waals surface area contributed by atoms with Crippen LogP contribution in [-0.4, -0.2) is 21.3 Å². The Bertz CT molecular complexity index is 1170. The van der Waals surface area contributed by atoms with Crippen molar-refractivity contribution in [3.8, 4) is 5.75 Å². The molecule has 1 N–H and O–H groups in total. The Labute approximate surface area is 192 Å². The predicted molar refractivity (Wildman–Crippen MR) is 128 cm³/mol. The number of aromatic nitrogens is 2. The Kier molecular flexibility index (Phi) is 5.64. The second kappa shape index (κ2) is 8.88. The second-order valence-corrected chi connectivity index (χ2v) is 7.95. The summed E-state index contributed by atoms with van der Waals surface area (Å²) in [5.41, 5.74) is 3.07. The van der Waals surface area contributed by atoms with Crippen molar-refractivity contribution in [1.29, 1.82) is 0 Å². The van der Waals surface area contributed by atoms with Crippen LogP contribution in [0.4, 0.5) is 5.69 Å². The van der Waals surface area contributed by atoms with Gasteiger partial charge >= 0.3 is 0 Å². The number of benzene rings is 1. The van der Waals surface area contributed by atoms with Crippen LogP contribution in [0.5, 0.6) is 5.75 Å². The second-order valence-electron chi connectivity index (χ2n) is 7.56. The Balaban J connectivity index is 1.57. The first-order valence-corrected chi connectivity index (χ1v) is 11.1. The van der Waals surface area contributed by atoms with Crippen molar-refractivity contribution in [2.75, 3.05) is 11.5 Å². The summed E-state index contributed by atoms with van der Waals surface area (Å²) in [4.78, 5) is 6.80. The van der Waals surface area contributed by atoms with Crippen LogP contribution in [-0.2, 0) is 6.54 Å². The highest BCUT2D eigenvalue weighted by atomic mass is 32.1. The fraction of sp³-hybridized carbons (Fsp3) is 0.200. The average molecular weight is 445 g/mol. The minimum Gasteiger partial charge on any atom is -0.494 e. The van der Waals surface area contributed by atoms with Crippen LogP contribution in [0.25, 0.3) is 0 Å². The van der Waals surface area contributed by atoms with E-state index in [0.717, 1.165) is 28.6 Å². The molecule has 4 aromatic rings. The number of ether oxygens (including phenoxy) is 1. The smallest absolute Gasteiger partial charge is 0.174 e.